The molecule has 3 rings (SSSR count). The summed E-state index contributed by atoms with van der Waals surface area (Å²) >= 11 is 1.63. The number of nitrogens with zero attached hydrogens (tertiary/aromatic N) is 2. The number of ether oxygens (including phenoxy) is 2. The number of para-hydroxylation sites is 1. The molecule has 106 valence electrons. The van der Waals surface area contributed by atoms with E-state index in [9.17, 15) is 4.79 Å². The first-order chi connectivity index (χ1) is 9.67. The van der Waals surface area contributed by atoms with Crippen molar-refractivity contribution in [2.24, 2.45) is 0 Å². The number of esters is 1. The van der Waals surface area contributed by atoms with E-state index in [0.29, 0.717) is 6.54 Å². The standard InChI is InChI=1S/C14H16N2O3S/c1-9-7-16(8-11(19-9)13(17)18-2)14-15-10-5-3-4-6-12(10)20-14/h3-6,9,11H,7-8H2,1-2H3/t9-,11-/m1/s1. The van der Waals surface area contributed by atoms with Crippen LogP contribution in [0.15, 0.2) is 24.3 Å². The maximum atomic E-state index is 11.7. The lowest BCUT2D eigenvalue weighted by Gasteiger charge is -2.35. The second kappa shape index (κ2) is 5.38. The van der Waals surface area contributed by atoms with E-state index in [4.69, 9.17) is 9.47 Å². The molecule has 2 heterocycles. The normalized spacial score (nSPS) is 23.0. The Kier molecular flexibility index (Phi) is 3.58. The van der Waals surface area contributed by atoms with E-state index in [-0.39, 0.29) is 12.1 Å². The number of hydrogen-bond donors (Lipinski definition) is 0. The topological polar surface area (TPSA) is 51.7 Å². The molecule has 0 spiro atoms. The number of fused-ring (bicyclic) bond motifs is 1. The van der Waals surface area contributed by atoms with E-state index >= 15 is 0 Å². The largest absolute Gasteiger partial charge is 0.467 e. The summed E-state index contributed by atoms with van der Waals surface area (Å²) in [6, 6.07) is 8.03. The molecule has 1 aromatic carbocycles. The molecule has 0 unspecified atom stereocenters. The molecular weight excluding hydrogens is 276 g/mol. The predicted octanol–water partition coefficient (Wildman–Crippen LogP) is 2.06. The molecule has 0 saturated carbocycles. The minimum Gasteiger partial charge on any atom is -0.467 e. The number of rotatable bonds is 2. The maximum Gasteiger partial charge on any atom is 0.336 e. The molecule has 1 aliphatic heterocycles. The van der Waals surface area contributed by atoms with Crippen molar-refractivity contribution in [1.82, 2.24) is 4.98 Å². The monoisotopic (exact) mass is 292 g/mol. The number of carbonyl (C=O) groups excluding carboxylic acids is 1. The fraction of sp³-hybridized carbons (Fsp3) is 0.429. The van der Waals surface area contributed by atoms with Gasteiger partial charge in [0.25, 0.3) is 0 Å². The zero-order chi connectivity index (χ0) is 14.1. The second-order valence-electron chi connectivity index (χ2n) is 4.83. The first-order valence-corrected chi connectivity index (χ1v) is 7.33. The van der Waals surface area contributed by atoms with Gasteiger partial charge < -0.3 is 14.4 Å². The molecular formula is C14H16N2O3S. The zero-order valence-electron chi connectivity index (χ0n) is 11.4. The summed E-state index contributed by atoms with van der Waals surface area (Å²) in [5, 5.41) is 0.926. The highest BCUT2D eigenvalue weighted by Crippen LogP contribution is 2.30. The first kappa shape index (κ1) is 13.3. The van der Waals surface area contributed by atoms with E-state index < -0.39 is 6.10 Å². The number of morpholine rings is 1. The smallest absolute Gasteiger partial charge is 0.336 e. The van der Waals surface area contributed by atoms with Gasteiger partial charge in [-0.25, -0.2) is 9.78 Å². The Balaban J connectivity index is 1.86. The summed E-state index contributed by atoms with van der Waals surface area (Å²) < 4.78 is 11.5. The lowest BCUT2D eigenvalue weighted by atomic mass is 10.2. The van der Waals surface area contributed by atoms with Gasteiger partial charge in [0.2, 0.25) is 0 Å². The lowest BCUT2D eigenvalue weighted by molar-refractivity contribution is -0.158. The van der Waals surface area contributed by atoms with Gasteiger partial charge in [0.15, 0.2) is 11.2 Å². The van der Waals surface area contributed by atoms with Crippen LogP contribution < -0.4 is 4.90 Å². The molecule has 0 aliphatic carbocycles. The van der Waals surface area contributed by atoms with E-state index in [0.717, 1.165) is 21.9 Å². The van der Waals surface area contributed by atoms with Crippen LogP contribution in [0, 0.1) is 0 Å². The average molecular weight is 292 g/mol. The van der Waals surface area contributed by atoms with Crippen molar-refractivity contribution in [2.45, 2.75) is 19.1 Å². The minimum atomic E-state index is -0.546. The maximum absolute atomic E-state index is 11.7. The van der Waals surface area contributed by atoms with Gasteiger partial charge in [0.05, 0.1) is 30.0 Å². The van der Waals surface area contributed by atoms with Gasteiger partial charge in [-0.3, -0.25) is 0 Å². The van der Waals surface area contributed by atoms with Gasteiger partial charge in [-0.1, -0.05) is 23.5 Å². The van der Waals surface area contributed by atoms with Gasteiger partial charge in [-0.2, -0.15) is 0 Å². The van der Waals surface area contributed by atoms with Gasteiger partial charge in [-0.05, 0) is 19.1 Å². The minimum absolute atomic E-state index is 0.0279. The number of carbonyl (C=O) groups is 1. The van der Waals surface area contributed by atoms with Crippen LogP contribution >= 0.6 is 11.3 Å². The summed E-state index contributed by atoms with van der Waals surface area (Å²) in [6.07, 6.45) is -0.573. The molecule has 20 heavy (non-hydrogen) atoms. The quantitative estimate of drug-likeness (QED) is 0.793. The predicted molar refractivity (Wildman–Crippen MR) is 78.2 cm³/mol. The lowest BCUT2D eigenvalue weighted by Crippen LogP contribution is -2.50. The molecule has 0 radical (unpaired) electrons. The molecule has 0 bridgehead atoms. The fourth-order valence-electron chi connectivity index (χ4n) is 2.36. The molecule has 2 atom stereocenters. The van der Waals surface area contributed by atoms with Crippen LogP contribution in [-0.2, 0) is 14.3 Å². The van der Waals surface area contributed by atoms with E-state index in [2.05, 4.69) is 16.0 Å². The van der Waals surface area contributed by atoms with Crippen molar-refractivity contribution in [1.29, 1.82) is 0 Å². The molecule has 0 amide bonds. The van der Waals surface area contributed by atoms with Gasteiger partial charge in [-0.15, -0.1) is 0 Å². The number of anilines is 1. The Labute approximate surface area is 121 Å². The number of methoxy groups -OCH3 is 1. The van der Waals surface area contributed by atoms with Crippen molar-refractivity contribution in [2.75, 3.05) is 25.1 Å². The average Bonchev–Trinajstić information content (AvgIpc) is 2.89. The molecule has 6 heteroatoms. The second-order valence-corrected chi connectivity index (χ2v) is 5.84. The molecule has 0 N–H and O–H groups in total. The number of hydrogen-bond acceptors (Lipinski definition) is 6. The van der Waals surface area contributed by atoms with E-state index in [1.54, 1.807) is 11.3 Å². The Morgan fingerprint density at radius 2 is 2.25 bits per heavy atom. The van der Waals surface area contributed by atoms with Crippen molar-refractivity contribution < 1.29 is 14.3 Å². The number of benzene rings is 1. The third-order valence-electron chi connectivity index (χ3n) is 3.28. The molecule has 1 aliphatic rings. The van der Waals surface area contributed by atoms with Crippen molar-refractivity contribution in [3.8, 4) is 0 Å². The van der Waals surface area contributed by atoms with E-state index in [1.807, 2.05) is 25.1 Å². The summed E-state index contributed by atoms with van der Waals surface area (Å²) in [5.41, 5.74) is 0.987. The van der Waals surface area contributed by atoms with Crippen LogP contribution in [0.2, 0.25) is 0 Å². The fourth-order valence-corrected chi connectivity index (χ4v) is 3.35. The summed E-state index contributed by atoms with van der Waals surface area (Å²) in [5.74, 6) is -0.331. The van der Waals surface area contributed by atoms with Crippen LogP contribution in [0.3, 0.4) is 0 Å². The third-order valence-corrected chi connectivity index (χ3v) is 4.37. The summed E-state index contributed by atoms with van der Waals surface area (Å²) in [4.78, 5) is 18.4. The van der Waals surface area contributed by atoms with Crippen LogP contribution in [0.5, 0.6) is 0 Å². The summed E-state index contributed by atoms with van der Waals surface area (Å²) in [6.45, 7) is 3.17. The van der Waals surface area contributed by atoms with Crippen LogP contribution in [0.4, 0.5) is 5.13 Å². The van der Waals surface area contributed by atoms with Gasteiger partial charge in [0.1, 0.15) is 0 Å². The Bertz CT molecular complexity index is 595. The molecule has 1 aromatic heterocycles. The van der Waals surface area contributed by atoms with E-state index in [1.165, 1.54) is 7.11 Å². The highest BCUT2D eigenvalue weighted by Gasteiger charge is 2.32. The number of thiazole rings is 1. The number of aromatic nitrogens is 1. The van der Waals surface area contributed by atoms with Gasteiger partial charge >= 0.3 is 5.97 Å². The molecule has 1 saturated heterocycles. The molecule has 2 aromatic rings. The van der Waals surface area contributed by atoms with Crippen molar-refractivity contribution in [3.05, 3.63) is 24.3 Å². The Morgan fingerprint density at radius 1 is 1.45 bits per heavy atom. The highest BCUT2D eigenvalue weighted by atomic mass is 32.1. The SMILES string of the molecule is COC(=O)[C@H]1CN(c2nc3ccccc3s2)C[C@@H](C)O1. The Hall–Kier alpha value is -1.66. The Morgan fingerprint density at radius 3 is 3.00 bits per heavy atom. The third kappa shape index (κ3) is 2.48. The van der Waals surface area contributed by atoms with Crippen LogP contribution in [0.25, 0.3) is 10.2 Å². The van der Waals surface area contributed by atoms with Crippen molar-refractivity contribution >= 4 is 32.7 Å². The molecule has 5 nitrogen and oxygen atoms in total. The van der Waals surface area contributed by atoms with Crippen LogP contribution in [0.1, 0.15) is 6.92 Å². The summed E-state index contributed by atoms with van der Waals surface area (Å²) in [7, 11) is 1.38. The van der Waals surface area contributed by atoms with Crippen molar-refractivity contribution in [3.63, 3.8) is 0 Å². The first-order valence-electron chi connectivity index (χ1n) is 6.51. The van der Waals surface area contributed by atoms with Crippen LogP contribution in [-0.4, -0.2) is 43.4 Å². The van der Waals surface area contributed by atoms with Gasteiger partial charge in [0, 0.05) is 6.54 Å². The highest BCUT2D eigenvalue weighted by molar-refractivity contribution is 7.22. The zero-order valence-corrected chi connectivity index (χ0v) is 12.2. The molecule has 1 fully saturated rings.